The molecular formula is C12H16N4O2. The van der Waals surface area contributed by atoms with E-state index in [1.165, 1.54) is 0 Å². The molecule has 0 atom stereocenters. The average Bonchev–Trinajstić information content (AvgIpc) is 2.86. The molecule has 0 spiro atoms. The molecule has 0 fully saturated rings. The van der Waals surface area contributed by atoms with Crippen molar-refractivity contribution in [3.05, 3.63) is 30.2 Å². The summed E-state index contributed by atoms with van der Waals surface area (Å²) in [5, 5.41) is 16.2. The molecule has 0 unspecified atom stereocenters. The van der Waals surface area contributed by atoms with Gasteiger partial charge in [0, 0.05) is 19.3 Å². The Morgan fingerprint density at radius 3 is 2.72 bits per heavy atom. The second-order valence-electron chi connectivity index (χ2n) is 3.90. The normalized spacial score (nSPS) is 10.3. The van der Waals surface area contributed by atoms with Gasteiger partial charge in [-0.25, -0.2) is 0 Å². The molecule has 0 saturated heterocycles. The Labute approximate surface area is 105 Å². The van der Waals surface area contributed by atoms with Gasteiger partial charge in [-0.1, -0.05) is 0 Å². The van der Waals surface area contributed by atoms with E-state index in [0.29, 0.717) is 18.4 Å². The fourth-order valence-corrected chi connectivity index (χ4v) is 1.37. The predicted octanol–water partition coefficient (Wildman–Crippen LogP) is 1.84. The third-order valence-electron chi connectivity index (χ3n) is 2.58. The van der Waals surface area contributed by atoms with Gasteiger partial charge in [-0.2, -0.15) is 4.98 Å². The summed E-state index contributed by atoms with van der Waals surface area (Å²) in [6, 6.07) is 6.80. The molecule has 2 aromatic rings. The Morgan fingerprint density at radius 2 is 2.06 bits per heavy atom. The number of anilines is 2. The van der Waals surface area contributed by atoms with Crippen LogP contribution in [-0.4, -0.2) is 28.8 Å². The van der Waals surface area contributed by atoms with Crippen LogP contribution in [0.3, 0.4) is 0 Å². The average molecular weight is 248 g/mol. The Morgan fingerprint density at radius 1 is 1.33 bits per heavy atom. The largest absolute Gasteiger partial charge is 0.508 e. The molecular weight excluding hydrogens is 232 g/mol. The summed E-state index contributed by atoms with van der Waals surface area (Å²) in [5.41, 5.74) is 0.886. The maximum Gasteiger partial charge on any atom is 0.265 e. The zero-order chi connectivity index (χ0) is 13.0. The van der Waals surface area contributed by atoms with Crippen LogP contribution >= 0.6 is 0 Å². The van der Waals surface area contributed by atoms with Crippen LogP contribution in [0.5, 0.6) is 5.75 Å². The van der Waals surface area contributed by atoms with Gasteiger partial charge in [0.2, 0.25) is 5.89 Å². The lowest BCUT2D eigenvalue weighted by Crippen LogP contribution is -2.17. The number of nitrogens with one attached hydrogen (secondary N) is 1. The first-order valence-electron chi connectivity index (χ1n) is 5.75. The highest BCUT2D eigenvalue weighted by molar-refractivity contribution is 5.45. The summed E-state index contributed by atoms with van der Waals surface area (Å²) in [7, 11) is 1.90. The number of benzene rings is 1. The summed E-state index contributed by atoms with van der Waals surface area (Å²) in [6.07, 6.45) is 0. The van der Waals surface area contributed by atoms with Crippen molar-refractivity contribution >= 4 is 11.6 Å². The van der Waals surface area contributed by atoms with Gasteiger partial charge >= 0.3 is 0 Å². The zero-order valence-electron chi connectivity index (χ0n) is 10.4. The third-order valence-corrected chi connectivity index (χ3v) is 2.58. The fraction of sp³-hybridized carbons (Fsp3) is 0.333. The van der Waals surface area contributed by atoms with Crippen molar-refractivity contribution in [2.24, 2.45) is 0 Å². The van der Waals surface area contributed by atoms with E-state index < -0.39 is 0 Å². The van der Waals surface area contributed by atoms with Crippen molar-refractivity contribution in [3.8, 4) is 5.75 Å². The molecule has 0 aliphatic rings. The van der Waals surface area contributed by atoms with Gasteiger partial charge in [-0.15, -0.1) is 0 Å². The van der Waals surface area contributed by atoms with Crippen molar-refractivity contribution < 1.29 is 9.63 Å². The van der Waals surface area contributed by atoms with E-state index in [2.05, 4.69) is 15.5 Å². The van der Waals surface area contributed by atoms with Gasteiger partial charge in [0.05, 0.1) is 6.54 Å². The van der Waals surface area contributed by atoms with E-state index in [9.17, 15) is 0 Å². The van der Waals surface area contributed by atoms with E-state index in [1.807, 2.05) is 18.9 Å². The number of hydrogen-bond acceptors (Lipinski definition) is 6. The second-order valence-corrected chi connectivity index (χ2v) is 3.90. The molecule has 1 aromatic heterocycles. The molecule has 2 rings (SSSR count). The van der Waals surface area contributed by atoms with Crippen molar-refractivity contribution in [2.75, 3.05) is 23.8 Å². The fourth-order valence-electron chi connectivity index (χ4n) is 1.37. The molecule has 0 bridgehead atoms. The summed E-state index contributed by atoms with van der Waals surface area (Å²) >= 11 is 0. The molecule has 0 aliphatic heterocycles. The lowest BCUT2D eigenvalue weighted by atomic mass is 10.3. The molecule has 1 heterocycles. The zero-order valence-corrected chi connectivity index (χ0v) is 10.4. The Bertz CT molecular complexity index is 495. The standard InChI is InChI=1S/C12H16N4O2/c1-3-16(2)12-14-11(18-15-12)8-13-9-4-6-10(17)7-5-9/h4-7,13,17H,3,8H2,1-2H3. The van der Waals surface area contributed by atoms with Crippen LogP contribution in [0.2, 0.25) is 0 Å². The quantitative estimate of drug-likeness (QED) is 0.786. The molecule has 96 valence electrons. The van der Waals surface area contributed by atoms with Crippen molar-refractivity contribution in [1.29, 1.82) is 0 Å². The van der Waals surface area contributed by atoms with Gasteiger partial charge in [0.1, 0.15) is 5.75 Å². The van der Waals surface area contributed by atoms with Crippen LogP contribution in [-0.2, 0) is 6.54 Å². The van der Waals surface area contributed by atoms with Crippen LogP contribution in [0.15, 0.2) is 28.8 Å². The van der Waals surface area contributed by atoms with Crippen molar-refractivity contribution in [1.82, 2.24) is 10.1 Å². The first-order valence-corrected chi connectivity index (χ1v) is 5.75. The molecule has 0 amide bonds. The Kier molecular flexibility index (Phi) is 3.66. The van der Waals surface area contributed by atoms with Crippen LogP contribution in [0, 0.1) is 0 Å². The predicted molar refractivity (Wildman–Crippen MR) is 68.7 cm³/mol. The number of phenols is 1. The highest BCUT2D eigenvalue weighted by Gasteiger charge is 2.08. The van der Waals surface area contributed by atoms with E-state index in [4.69, 9.17) is 9.63 Å². The first-order chi connectivity index (χ1) is 8.69. The highest BCUT2D eigenvalue weighted by atomic mass is 16.5. The minimum atomic E-state index is 0.241. The monoisotopic (exact) mass is 248 g/mol. The maximum absolute atomic E-state index is 9.16. The number of phenolic OH excluding ortho intramolecular Hbond substituents is 1. The van der Waals surface area contributed by atoms with Crippen molar-refractivity contribution in [3.63, 3.8) is 0 Å². The summed E-state index contributed by atoms with van der Waals surface area (Å²) in [5.74, 6) is 1.35. The summed E-state index contributed by atoms with van der Waals surface area (Å²) in [6.45, 7) is 3.30. The van der Waals surface area contributed by atoms with Gasteiger partial charge < -0.3 is 19.8 Å². The number of hydrogen-bond donors (Lipinski definition) is 2. The smallest absolute Gasteiger partial charge is 0.265 e. The Balaban J connectivity index is 1.94. The molecule has 1 aromatic carbocycles. The molecule has 6 nitrogen and oxygen atoms in total. The third kappa shape index (κ3) is 2.91. The minimum absolute atomic E-state index is 0.241. The molecule has 0 radical (unpaired) electrons. The SMILES string of the molecule is CCN(C)c1noc(CNc2ccc(O)cc2)n1. The van der Waals surface area contributed by atoms with Crippen LogP contribution < -0.4 is 10.2 Å². The van der Waals surface area contributed by atoms with E-state index in [1.54, 1.807) is 24.3 Å². The van der Waals surface area contributed by atoms with Crippen LogP contribution in [0.4, 0.5) is 11.6 Å². The number of aromatic nitrogens is 2. The van der Waals surface area contributed by atoms with Crippen molar-refractivity contribution in [2.45, 2.75) is 13.5 Å². The number of rotatable bonds is 5. The van der Waals surface area contributed by atoms with Crippen LogP contribution in [0.25, 0.3) is 0 Å². The Hall–Kier alpha value is -2.24. The molecule has 6 heteroatoms. The topological polar surface area (TPSA) is 74.4 Å². The van der Waals surface area contributed by atoms with Gasteiger partial charge in [0.15, 0.2) is 0 Å². The molecule has 2 N–H and O–H groups in total. The number of aromatic hydroxyl groups is 1. The van der Waals surface area contributed by atoms with Gasteiger partial charge in [0.25, 0.3) is 5.95 Å². The lowest BCUT2D eigenvalue weighted by molar-refractivity contribution is 0.383. The highest BCUT2D eigenvalue weighted by Crippen LogP contribution is 2.15. The number of nitrogens with zero attached hydrogens (tertiary/aromatic N) is 3. The van der Waals surface area contributed by atoms with Gasteiger partial charge in [-0.05, 0) is 36.3 Å². The van der Waals surface area contributed by atoms with Gasteiger partial charge in [-0.3, -0.25) is 0 Å². The molecule has 0 saturated carbocycles. The maximum atomic E-state index is 9.16. The van der Waals surface area contributed by atoms with Crippen LogP contribution in [0.1, 0.15) is 12.8 Å². The molecule has 0 aliphatic carbocycles. The first kappa shape index (κ1) is 12.2. The summed E-state index contributed by atoms with van der Waals surface area (Å²) in [4.78, 5) is 6.15. The van der Waals surface area contributed by atoms with E-state index in [-0.39, 0.29) is 5.75 Å². The molecule has 18 heavy (non-hydrogen) atoms. The van der Waals surface area contributed by atoms with E-state index >= 15 is 0 Å². The minimum Gasteiger partial charge on any atom is -0.508 e. The lowest BCUT2D eigenvalue weighted by Gasteiger charge is -2.08. The van der Waals surface area contributed by atoms with E-state index in [0.717, 1.165) is 12.2 Å². The second kappa shape index (κ2) is 5.39. The summed E-state index contributed by atoms with van der Waals surface area (Å²) < 4.78 is 5.12.